The van der Waals surface area contributed by atoms with E-state index < -0.39 is 0 Å². The molecule has 1 aromatic carbocycles. The van der Waals surface area contributed by atoms with Crippen LogP contribution >= 0.6 is 0 Å². The molecule has 1 aliphatic heterocycles. The highest BCUT2D eigenvalue weighted by atomic mass is 16.5. The Balaban J connectivity index is 2.26. The quantitative estimate of drug-likeness (QED) is 0.414. The van der Waals surface area contributed by atoms with E-state index in [0.717, 1.165) is 17.7 Å². The molecule has 1 unspecified atom stereocenters. The highest BCUT2D eigenvalue weighted by molar-refractivity contribution is 5.48. The Labute approximate surface area is 88.5 Å². The first-order valence-corrected chi connectivity index (χ1v) is 4.99. The van der Waals surface area contributed by atoms with E-state index in [-0.39, 0.29) is 6.10 Å². The second kappa shape index (κ2) is 3.83. The minimum atomic E-state index is 0.00991. The molecule has 1 atom stereocenters. The number of aryl methyl sites for hydroxylation is 2. The fourth-order valence-corrected chi connectivity index (χ4v) is 1.93. The van der Waals surface area contributed by atoms with E-state index in [1.165, 1.54) is 11.1 Å². The van der Waals surface area contributed by atoms with E-state index in [9.17, 15) is 0 Å². The maximum atomic E-state index is 8.26. The summed E-state index contributed by atoms with van der Waals surface area (Å²) in [5.41, 5.74) is 11.9. The zero-order valence-electron chi connectivity index (χ0n) is 8.90. The van der Waals surface area contributed by atoms with E-state index in [1.807, 2.05) is 6.92 Å². The van der Waals surface area contributed by atoms with Crippen molar-refractivity contribution in [3.8, 4) is 5.75 Å². The Bertz CT molecular complexity index is 405. The van der Waals surface area contributed by atoms with Gasteiger partial charge in [-0.15, -0.1) is 0 Å². The Morgan fingerprint density at radius 1 is 1.47 bits per heavy atom. The topological polar surface area (TPSA) is 58.0 Å². The van der Waals surface area contributed by atoms with Crippen LogP contribution in [0.3, 0.4) is 0 Å². The van der Waals surface area contributed by atoms with Gasteiger partial charge in [0.1, 0.15) is 11.9 Å². The second-order valence-electron chi connectivity index (χ2n) is 3.86. The molecule has 1 aliphatic rings. The first kappa shape index (κ1) is 9.87. The normalized spacial score (nSPS) is 17.9. The average molecular weight is 203 g/mol. The Morgan fingerprint density at radius 3 is 2.87 bits per heavy atom. The molecule has 4 heteroatoms. The van der Waals surface area contributed by atoms with Crippen LogP contribution in [0.2, 0.25) is 0 Å². The van der Waals surface area contributed by atoms with Gasteiger partial charge in [0.05, 0.1) is 6.54 Å². The predicted molar refractivity (Wildman–Crippen MR) is 58.0 cm³/mol. The lowest BCUT2D eigenvalue weighted by atomic mass is 10.0. The van der Waals surface area contributed by atoms with Crippen molar-refractivity contribution in [1.82, 2.24) is 0 Å². The summed E-state index contributed by atoms with van der Waals surface area (Å²) in [6.07, 6.45) is 0.859. The monoisotopic (exact) mass is 203 g/mol. The summed E-state index contributed by atoms with van der Waals surface area (Å²) >= 11 is 0. The van der Waals surface area contributed by atoms with Crippen LogP contribution < -0.4 is 4.74 Å². The molecule has 15 heavy (non-hydrogen) atoms. The molecule has 0 saturated carbocycles. The van der Waals surface area contributed by atoms with Crippen molar-refractivity contribution in [2.75, 3.05) is 6.54 Å². The van der Waals surface area contributed by atoms with Crippen molar-refractivity contribution in [1.29, 1.82) is 0 Å². The maximum absolute atomic E-state index is 8.26. The van der Waals surface area contributed by atoms with E-state index >= 15 is 0 Å². The van der Waals surface area contributed by atoms with Gasteiger partial charge in [0.25, 0.3) is 0 Å². The third-order valence-corrected chi connectivity index (χ3v) is 2.76. The summed E-state index contributed by atoms with van der Waals surface area (Å²) in [6.45, 7) is 4.52. The highest BCUT2D eigenvalue weighted by Gasteiger charge is 2.24. The van der Waals surface area contributed by atoms with Crippen LogP contribution in [0.4, 0.5) is 0 Å². The molecular weight excluding hydrogens is 190 g/mol. The van der Waals surface area contributed by atoms with Crippen LogP contribution in [0.5, 0.6) is 5.75 Å². The summed E-state index contributed by atoms with van der Waals surface area (Å²) in [5, 5.41) is 3.55. The first-order valence-electron chi connectivity index (χ1n) is 4.99. The van der Waals surface area contributed by atoms with Crippen molar-refractivity contribution in [2.24, 2.45) is 5.11 Å². The summed E-state index contributed by atoms with van der Waals surface area (Å²) in [5.74, 6) is 0.980. The van der Waals surface area contributed by atoms with Crippen LogP contribution in [-0.4, -0.2) is 12.6 Å². The largest absolute Gasteiger partial charge is 0.489 e. The van der Waals surface area contributed by atoms with E-state index in [1.54, 1.807) is 0 Å². The van der Waals surface area contributed by atoms with Gasteiger partial charge in [-0.25, -0.2) is 0 Å². The Morgan fingerprint density at radius 2 is 2.20 bits per heavy atom. The van der Waals surface area contributed by atoms with Crippen LogP contribution in [0, 0.1) is 13.8 Å². The van der Waals surface area contributed by atoms with E-state index in [2.05, 4.69) is 29.1 Å². The molecule has 4 nitrogen and oxygen atoms in total. The van der Waals surface area contributed by atoms with Gasteiger partial charge in [0.15, 0.2) is 0 Å². The summed E-state index contributed by atoms with van der Waals surface area (Å²) in [7, 11) is 0. The molecule has 0 fully saturated rings. The van der Waals surface area contributed by atoms with Gasteiger partial charge in [-0.2, -0.15) is 0 Å². The number of azide groups is 1. The molecule has 1 heterocycles. The smallest absolute Gasteiger partial charge is 0.126 e. The molecule has 0 radical (unpaired) electrons. The Hall–Kier alpha value is -1.67. The summed E-state index contributed by atoms with van der Waals surface area (Å²) < 4.78 is 5.76. The molecule has 0 saturated heterocycles. The van der Waals surface area contributed by atoms with Crippen LogP contribution in [0.1, 0.15) is 16.7 Å². The van der Waals surface area contributed by atoms with Crippen LogP contribution in [0.15, 0.2) is 17.2 Å². The van der Waals surface area contributed by atoms with Gasteiger partial charge in [-0.05, 0) is 30.5 Å². The van der Waals surface area contributed by atoms with Gasteiger partial charge in [-0.1, -0.05) is 17.2 Å². The molecular formula is C11H13N3O. The number of nitrogens with zero attached hydrogens (tertiary/aromatic N) is 3. The summed E-state index contributed by atoms with van der Waals surface area (Å²) in [4.78, 5) is 2.75. The van der Waals surface area contributed by atoms with Crippen molar-refractivity contribution >= 4 is 0 Å². The van der Waals surface area contributed by atoms with Crippen LogP contribution in [-0.2, 0) is 6.42 Å². The number of hydrogen-bond acceptors (Lipinski definition) is 2. The van der Waals surface area contributed by atoms with Crippen molar-refractivity contribution in [2.45, 2.75) is 26.4 Å². The number of benzene rings is 1. The predicted octanol–water partition coefficient (Wildman–Crippen LogP) is 2.92. The number of rotatable bonds is 2. The van der Waals surface area contributed by atoms with Gasteiger partial charge < -0.3 is 4.74 Å². The zero-order chi connectivity index (χ0) is 10.8. The number of ether oxygens (including phenoxy) is 1. The highest BCUT2D eigenvalue weighted by Crippen LogP contribution is 2.34. The zero-order valence-corrected chi connectivity index (χ0v) is 8.90. The van der Waals surface area contributed by atoms with E-state index in [0.29, 0.717) is 6.54 Å². The van der Waals surface area contributed by atoms with Gasteiger partial charge in [0, 0.05) is 16.9 Å². The maximum Gasteiger partial charge on any atom is 0.126 e. The fraction of sp³-hybridized carbons (Fsp3) is 0.455. The molecule has 0 spiro atoms. The third kappa shape index (κ3) is 1.76. The molecule has 0 amide bonds. The van der Waals surface area contributed by atoms with E-state index in [4.69, 9.17) is 10.3 Å². The average Bonchev–Trinajstić information content (AvgIpc) is 2.66. The number of fused-ring (bicyclic) bond motifs is 1. The van der Waals surface area contributed by atoms with Crippen molar-refractivity contribution in [3.05, 3.63) is 39.3 Å². The lowest BCUT2D eigenvalue weighted by molar-refractivity contribution is 0.240. The lowest BCUT2D eigenvalue weighted by Gasteiger charge is -2.08. The van der Waals surface area contributed by atoms with Gasteiger partial charge >= 0.3 is 0 Å². The minimum Gasteiger partial charge on any atom is -0.489 e. The third-order valence-electron chi connectivity index (χ3n) is 2.76. The molecule has 1 aromatic rings. The second-order valence-corrected chi connectivity index (χ2v) is 3.86. The van der Waals surface area contributed by atoms with Gasteiger partial charge in [-0.3, -0.25) is 0 Å². The van der Waals surface area contributed by atoms with Crippen molar-refractivity contribution < 1.29 is 4.74 Å². The Kier molecular flexibility index (Phi) is 2.52. The summed E-state index contributed by atoms with van der Waals surface area (Å²) in [6, 6.07) is 4.16. The SMILES string of the molecule is Cc1ccc(C)c2c1CC(CN=[N+]=[N-])O2. The van der Waals surface area contributed by atoms with Gasteiger partial charge in [0.2, 0.25) is 0 Å². The van der Waals surface area contributed by atoms with Crippen molar-refractivity contribution in [3.63, 3.8) is 0 Å². The molecule has 78 valence electrons. The molecule has 0 aliphatic carbocycles. The molecule has 2 rings (SSSR count). The number of hydrogen-bond donors (Lipinski definition) is 0. The lowest BCUT2D eigenvalue weighted by Crippen LogP contribution is -2.16. The fourth-order valence-electron chi connectivity index (χ4n) is 1.93. The van der Waals surface area contributed by atoms with Crippen LogP contribution in [0.25, 0.3) is 10.4 Å². The molecule has 0 N–H and O–H groups in total. The minimum absolute atomic E-state index is 0.00991. The standard InChI is InChI=1S/C11H13N3O/c1-7-3-4-8(2)11-10(7)5-9(15-11)6-13-14-12/h3-4,9H,5-6H2,1-2H3. The molecule has 0 bridgehead atoms. The molecule has 0 aromatic heterocycles. The first-order chi connectivity index (χ1) is 7.22.